The zero-order valence-corrected chi connectivity index (χ0v) is 18.4. The zero-order valence-electron chi connectivity index (χ0n) is 18.4. The largest absolute Gasteiger partial charge is 0.497 e. The molecule has 2 N–H and O–H groups in total. The number of nitrogens with zero attached hydrogens (tertiary/aromatic N) is 1. The van der Waals surface area contributed by atoms with Crippen LogP contribution in [-0.4, -0.2) is 55.4 Å². The number of nitrogens with one attached hydrogen (secondary N) is 2. The summed E-state index contributed by atoms with van der Waals surface area (Å²) in [6.45, 7) is 5.46. The van der Waals surface area contributed by atoms with Crippen LogP contribution in [0.4, 0.5) is 0 Å². The SMILES string of the molecule is CCCCC(CC)C(=O)N1CCC[C@@H]1C(=O)NCCNC(=O)c1ccc(OC)cc1. The molecule has 0 bridgehead atoms. The van der Waals surface area contributed by atoms with E-state index < -0.39 is 6.04 Å². The molecule has 1 aliphatic rings. The van der Waals surface area contributed by atoms with Gasteiger partial charge in [0.05, 0.1) is 7.11 Å². The van der Waals surface area contributed by atoms with E-state index in [1.54, 1.807) is 36.3 Å². The van der Waals surface area contributed by atoms with E-state index in [1.165, 1.54) is 0 Å². The molecular weight excluding hydrogens is 382 g/mol. The molecule has 0 aromatic heterocycles. The summed E-state index contributed by atoms with van der Waals surface area (Å²) >= 11 is 0. The fourth-order valence-corrected chi connectivity index (χ4v) is 3.81. The van der Waals surface area contributed by atoms with Crippen LogP contribution in [0.2, 0.25) is 0 Å². The zero-order chi connectivity index (χ0) is 21.9. The van der Waals surface area contributed by atoms with Gasteiger partial charge in [-0.15, -0.1) is 0 Å². The van der Waals surface area contributed by atoms with Gasteiger partial charge in [-0.25, -0.2) is 0 Å². The van der Waals surface area contributed by atoms with Crippen LogP contribution in [0.15, 0.2) is 24.3 Å². The lowest BCUT2D eigenvalue weighted by atomic mass is 9.97. The van der Waals surface area contributed by atoms with Crippen molar-refractivity contribution in [3.05, 3.63) is 29.8 Å². The summed E-state index contributed by atoms with van der Waals surface area (Å²) in [5.74, 6) is 0.462. The van der Waals surface area contributed by atoms with E-state index >= 15 is 0 Å². The van der Waals surface area contributed by atoms with Crippen LogP contribution in [0.1, 0.15) is 62.7 Å². The van der Waals surface area contributed by atoms with E-state index in [-0.39, 0.29) is 23.6 Å². The standard InChI is InChI=1S/C23H35N3O4/c1-4-6-8-17(5-2)23(29)26-16-7-9-20(26)22(28)25-15-14-24-21(27)18-10-12-19(30-3)13-11-18/h10-13,17,20H,4-9,14-16H2,1-3H3,(H,24,27)(H,25,28)/t17?,20-/m1/s1. The summed E-state index contributed by atoms with van der Waals surface area (Å²) < 4.78 is 5.08. The van der Waals surface area contributed by atoms with Crippen molar-refractivity contribution < 1.29 is 19.1 Å². The van der Waals surface area contributed by atoms with Crippen molar-refractivity contribution >= 4 is 17.7 Å². The minimum absolute atomic E-state index is 0.00198. The van der Waals surface area contributed by atoms with E-state index in [0.717, 1.165) is 32.1 Å². The van der Waals surface area contributed by atoms with Crippen molar-refractivity contribution in [2.45, 2.75) is 58.4 Å². The fraction of sp³-hybridized carbons (Fsp3) is 0.609. The lowest BCUT2D eigenvalue weighted by molar-refractivity contribution is -0.141. The molecule has 1 fully saturated rings. The Morgan fingerprint density at radius 1 is 1.13 bits per heavy atom. The third-order valence-electron chi connectivity index (χ3n) is 5.65. The first-order valence-electron chi connectivity index (χ1n) is 11.0. The number of hydrogen-bond acceptors (Lipinski definition) is 4. The highest BCUT2D eigenvalue weighted by Crippen LogP contribution is 2.23. The van der Waals surface area contributed by atoms with E-state index in [4.69, 9.17) is 4.74 Å². The molecule has 1 saturated heterocycles. The maximum atomic E-state index is 12.9. The van der Waals surface area contributed by atoms with E-state index in [9.17, 15) is 14.4 Å². The summed E-state index contributed by atoms with van der Waals surface area (Å²) in [7, 11) is 1.57. The minimum Gasteiger partial charge on any atom is -0.497 e. The van der Waals surface area contributed by atoms with Crippen LogP contribution < -0.4 is 15.4 Å². The molecule has 30 heavy (non-hydrogen) atoms. The van der Waals surface area contributed by atoms with Crippen LogP contribution >= 0.6 is 0 Å². The van der Waals surface area contributed by atoms with Gasteiger partial charge in [0.1, 0.15) is 11.8 Å². The fourth-order valence-electron chi connectivity index (χ4n) is 3.81. The number of methoxy groups -OCH3 is 1. The molecule has 3 amide bonds. The Morgan fingerprint density at radius 2 is 1.83 bits per heavy atom. The predicted molar refractivity (Wildman–Crippen MR) is 116 cm³/mol. The lowest BCUT2D eigenvalue weighted by Gasteiger charge is -2.28. The Hall–Kier alpha value is -2.57. The van der Waals surface area contributed by atoms with Gasteiger partial charge in [0, 0.05) is 31.1 Å². The molecule has 7 nitrogen and oxygen atoms in total. The summed E-state index contributed by atoms with van der Waals surface area (Å²) in [5, 5.41) is 5.66. The van der Waals surface area contributed by atoms with Gasteiger partial charge in [-0.2, -0.15) is 0 Å². The molecule has 1 aromatic carbocycles. The predicted octanol–water partition coefficient (Wildman–Crippen LogP) is 2.75. The van der Waals surface area contributed by atoms with Crippen molar-refractivity contribution in [3.8, 4) is 5.75 Å². The van der Waals surface area contributed by atoms with Crippen molar-refractivity contribution in [2.24, 2.45) is 5.92 Å². The third-order valence-corrected chi connectivity index (χ3v) is 5.65. The number of carbonyl (C=O) groups excluding carboxylic acids is 3. The first kappa shape index (κ1) is 23.7. The molecule has 0 saturated carbocycles. The number of unbranched alkanes of at least 4 members (excludes halogenated alkanes) is 1. The van der Waals surface area contributed by atoms with Crippen molar-refractivity contribution in [1.82, 2.24) is 15.5 Å². The second kappa shape index (κ2) is 12.2. The van der Waals surface area contributed by atoms with Gasteiger partial charge in [-0.3, -0.25) is 14.4 Å². The van der Waals surface area contributed by atoms with Crippen LogP contribution in [-0.2, 0) is 9.59 Å². The molecule has 166 valence electrons. The average molecular weight is 418 g/mol. The molecule has 1 aromatic rings. The number of hydrogen-bond donors (Lipinski definition) is 2. The molecule has 1 heterocycles. The van der Waals surface area contributed by atoms with Gasteiger partial charge < -0.3 is 20.3 Å². The minimum atomic E-state index is -0.398. The smallest absolute Gasteiger partial charge is 0.251 e. The van der Waals surface area contributed by atoms with Crippen LogP contribution in [0.5, 0.6) is 5.75 Å². The van der Waals surface area contributed by atoms with E-state index in [0.29, 0.717) is 37.4 Å². The summed E-state index contributed by atoms with van der Waals surface area (Å²) in [5.41, 5.74) is 0.535. The molecular formula is C23H35N3O4. The van der Waals surface area contributed by atoms with Crippen LogP contribution in [0.25, 0.3) is 0 Å². The van der Waals surface area contributed by atoms with Gasteiger partial charge in [0.2, 0.25) is 11.8 Å². The molecule has 0 radical (unpaired) electrons. The molecule has 7 heteroatoms. The molecule has 2 rings (SSSR count). The Balaban J connectivity index is 1.78. The van der Waals surface area contributed by atoms with Gasteiger partial charge >= 0.3 is 0 Å². The number of carbonyl (C=O) groups is 3. The molecule has 0 aliphatic carbocycles. The maximum absolute atomic E-state index is 12.9. The Kier molecular flexibility index (Phi) is 9.64. The molecule has 1 aliphatic heterocycles. The maximum Gasteiger partial charge on any atom is 0.251 e. The van der Waals surface area contributed by atoms with Gasteiger partial charge in [-0.05, 0) is 49.9 Å². The second-order valence-electron chi connectivity index (χ2n) is 7.71. The highest BCUT2D eigenvalue weighted by molar-refractivity contribution is 5.94. The number of likely N-dealkylation sites (tertiary alicyclic amines) is 1. The Morgan fingerprint density at radius 3 is 2.47 bits per heavy atom. The molecule has 2 atom stereocenters. The summed E-state index contributed by atoms with van der Waals surface area (Å²) in [6.07, 6.45) is 5.33. The molecule has 1 unspecified atom stereocenters. The number of amides is 3. The average Bonchev–Trinajstić information content (AvgIpc) is 3.27. The van der Waals surface area contributed by atoms with Gasteiger partial charge in [0.25, 0.3) is 5.91 Å². The number of benzene rings is 1. The summed E-state index contributed by atoms with van der Waals surface area (Å²) in [4.78, 5) is 39.5. The van der Waals surface area contributed by atoms with Crippen molar-refractivity contribution in [2.75, 3.05) is 26.7 Å². The number of ether oxygens (including phenoxy) is 1. The molecule has 0 spiro atoms. The van der Waals surface area contributed by atoms with Crippen LogP contribution in [0.3, 0.4) is 0 Å². The number of rotatable bonds is 11. The van der Waals surface area contributed by atoms with Crippen molar-refractivity contribution in [3.63, 3.8) is 0 Å². The van der Waals surface area contributed by atoms with E-state index in [2.05, 4.69) is 17.6 Å². The first-order chi connectivity index (χ1) is 14.5. The normalized spacial score (nSPS) is 16.8. The summed E-state index contributed by atoms with van der Waals surface area (Å²) in [6, 6.07) is 6.44. The Labute approximate surface area is 179 Å². The highest BCUT2D eigenvalue weighted by Gasteiger charge is 2.36. The van der Waals surface area contributed by atoms with Gasteiger partial charge in [-0.1, -0.05) is 26.7 Å². The topological polar surface area (TPSA) is 87.7 Å². The van der Waals surface area contributed by atoms with Crippen molar-refractivity contribution in [1.29, 1.82) is 0 Å². The lowest BCUT2D eigenvalue weighted by Crippen LogP contribution is -2.49. The highest BCUT2D eigenvalue weighted by atomic mass is 16.5. The quantitative estimate of drug-likeness (QED) is 0.542. The monoisotopic (exact) mass is 417 g/mol. The first-order valence-corrected chi connectivity index (χ1v) is 11.0. The second-order valence-corrected chi connectivity index (χ2v) is 7.71. The van der Waals surface area contributed by atoms with Gasteiger partial charge in [0.15, 0.2) is 0 Å². The van der Waals surface area contributed by atoms with E-state index in [1.807, 2.05) is 6.92 Å². The Bertz CT molecular complexity index is 705. The third kappa shape index (κ3) is 6.47. The van der Waals surface area contributed by atoms with Crippen LogP contribution in [0, 0.1) is 5.92 Å².